The van der Waals surface area contributed by atoms with Crippen molar-refractivity contribution in [3.05, 3.63) is 29.8 Å². The van der Waals surface area contributed by atoms with Crippen molar-refractivity contribution in [2.45, 2.75) is 58.3 Å². The summed E-state index contributed by atoms with van der Waals surface area (Å²) in [6.45, 7) is 6.73. The molecule has 0 aliphatic heterocycles. The number of rotatable bonds is 6. The van der Waals surface area contributed by atoms with Crippen LogP contribution in [-0.4, -0.2) is 24.0 Å². The highest BCUT2D eigenvalue weighted by Crippen LogP contribution is 2.23. The molecule has 4 nitrogen and oxygen atoms in total. The molecule has 1 saturated carbocycles. The van der Waals surface area contributed by atoms with Crippen LogP contribution in [0.3, 0.4) is 0 Å². The van der Waals surface area contributed by atoms with Crippen molar-refractivity contribution in [1.82, 2.24) is 5.32 Å². The van der Waals surface area contributed by atoms with Crippen LogP contribution in [-0.2, 0) is 11.3 Å². The second kappa shape index (κ2) is 6.27. The van der Waals surface area contributed by atoms with E-state index in [1.807, 2.05) is 31.2 Å². The Bertz CT molecular complexity index is 451. The number of benzene rings is 1. The lowest BCUT2D eigenvalue weighted by molar-refractivity contribution is -0.122. The first-order valence-electron chi connectivity index (χ1n) is 7.40. The van der Waals surface area contributed by atoms with Crippen molar-refractivity contribution in [2.75, 3.05) is 4.90 Å². The molecule has 1 aliphatic carbocycles. The van der Waals surface area contributed by atoms with Crippen LogP contribution in [0.15, 0.2) is 24.3 Å². The minimum Gasteiger partial charge on any atom is -0.357 e. The van der Waals surface area contributed by atoms with Crippen LogP contribution in [0.2, 0.25) is 0 Å². The second-order valence-electron chi connectivity index (χ2n) is 5.83. The molecule has 3 N–H and O–H groups in total. The highest BCUT2D eigenvalue weighted by molar-refractivity contribution is 5.85. The molecule has 0 spiro atoms. The normalized spacial score (nSPS) is 16.1. The summed E-state index contributed by atoms with van der Waals surface area (Å²) in [7, 11) is 0. The summed E-state index contributed by atoms with van der Waals surface area (Å²) >= 11 is 0. The monoisotopic (exact) mass is 275 g/mol. The molecular weight excluding hydrogens is 250 g/mol. The molecular formula is C16H25N3O. The zero-order valence-corrected chi connectivity index (χ0v) is 12.6. The van der Waals surface area contributed by atoms with E-state index in [-0.39, 0.29) is 18.0 Å². The molecule has 1 aromatic rings. The van der Waals surface area contributed by atoms with Gasteiger partial charge in [0.15, 0.2) is 0 Å². The second-order valence-corrected chi connectivity index (χ2v) is 5.83. The van der Waals surface area contributed by atoms with Crippen LogP contribution >= 0.6 is 0 Å². The van der Waals surface area contributed by atoms with E-state index in [2.05, 4.69) is 24.1 Å². The van der Waals surface area contributed by atoms with E-state index in [0.29, 0.717) is 12.6 Å². The predicted octanol–water partition coefficient (Wildman–Crippen LogP) is 2.03. The summed E-state index contributed by atoms with van der Waals surface area (Å²) in [4.78, 5) is 14.4. The summed E-state index contributed by atoms with van der Waals surface area (Å²) in [5.41, 5.74) is 7.80. The molecule has 1 atom stereocenters. The van der Waals surface area contributed by atoms with Crippen molar-refractivity contribution in [3.63, 3.8) is 0 Å². The number of carbonyl (C=O) groups is 1. The average Bonchev–Trinajstić information content (AvgIpc) is 3.23. The van der Waals surface area contributed by atoms with Gasteiger partial charge in [0.1, 0.15) is 6.04 Å². The van der Waals surface area contributed by atoms with Gasteiger partial charge in [0.05, 0.1) is 0 Å². The van der Waals surface area contributed by atoms with E-state index in [4.69, 9.17) is 5.73 Å². The van der Waals surface area contributed by atoms with Crippen LogP contribution in [0.5, 0.6) is 0 Å². The molecule has 0 heterocycles. The Kier molecular flexibility index (Phi) is 4.65. The van der Waals surface area contributed by atoms with Gasteiger partial charge in [-0.3, -0.25) is 4.79 Å². The Balaban J connectivity index is 2.13. The zero-order valence-electron chi connectivity index (χ0n) is 12.6. The summed E-state index contributed by atoms with van der Waals surface area (Å²) in [5.74, 6) is 0.115. The highest BCUT2D eigenvalue weighted by Gasteiger charge is 2.29. The Hall–Kier alpha value is -1.55. The molecule has 0 saturated heterocycles. The number of nitrogens with one attached hydrogen (secondary N) is 1. The van der Waals surface area contributed by atoms with Crippen LogP contribution in [0.1, 0.15) is 39.2 Å². The third kappa shape index (κ3) is 3.51. The van der Waals surface area contributed by atoms with E-state index in [1.165, 1.54) is 0 Å². The first-order valence-corrected chi connectivity index (χ1v) is 7.40. The maximum Gasteiger partial charge on any atom is 0.242 e. The predicted molar refractivity (Wildman–Crippen MR) is 82.6 cm³/mol. The van der Waals surface area contributed by atoms with E-state index in [1.54, 1.807) is 0 Å². The zero-order chi connectivity index (χ0) is 14.7. The Labute approximate surface area is 121 Å². The lowest BCUT2D eigenvalue weighted by Gasteiger charge is -2.34. The van der Waals surface area contributed by atoms with E-state index in [9.17, 15) is 4.79 Å². The quantitative estimate of drug-likeness (QED) is 0.835. The van der Waals surface area contributed by atoms with Crippen molar-refractivity contribution < 1.29 is 4.79 Å². The van der Waals surface area contributed by atoms with Gasteiger partial charge in [0, 0.05) is 24.3 Å². The third-order valence-corrected chi connectivity index (χ3v) is 3.75. The maximum atomic E-state index is 12.3. The van der Waals surface area contributed by atoms with Crippen molar-refractivity contribution >= 4 is 11.6 Å². The fraction of sp³-hybridized carbons (Fsp3) is 0.562. The summed E-state index contributed by atoms with van der Waals surface area (Å²) < 4.78 is 0. The Morgan fingerprint density at radius 3 is 2.35 bits per heavy atom. The number of amides is 1. The molecule has 0 bridgehead atoms. The van der Waals surface area contributed by atoms with Gasteiger partial charge < -0.3 is 16.0 Å². The maximum absolute atomic E-state index is 12.3. The van der Waals surface area contributed by atoms with Gasteiger partial charge in [0.25, 0.3) is 0 Å². The van der Waals surface area contributed by atoms with Gasteiger partial charge in [-0.2, -0.15) is 0 Å². The van der Waals surface area contributed by atoms with Crippen molar-refractivity contribution in [1.29, 1.82) is 0 Å². The first-order chi connectivity index (χ1) is 9.52. The summed E-state index contributed by atoms with van der Waals surface area (Å²) in [6, 6.07) is 8.63. The minimum absolute atomic E-state index is 0.115. The Morgan fingerprint density at radius 2 is 1.90 bits per heavy atom. The van der Waals surface area contributed by atoms with Crippen LogP contribution in [0, 0.1) is 0 Å². The first kappa shape index (κ1) is 14.9. The van der Waals surface area contributed by atoms with Crippen LogP contribution in [0.4, 0.5) is 5.69 Å². The van der Waals surface area contributed by atoms with E-state index >= 15 is 0 Å². The molecule has 1 unspecified atom stereocenters. The smallest absolute Gasteiger partial charge is 0.242 e. The van der Waals surface area contributed by atoms with Gasteiger partial charge in [-0.05, 0) is 51.3 Å². The number of hydrogen-bond acceptors (Lipinski definition) is 3. The van der Waals surface area contributed by atoms with Gasteiger partial charge >= 0.3 is 0 Å². The van der Waals surface area contributed by atoms with Gasteiger partial charge in [0.2, 0.25) is 5.91 Å². The highest BCUT2D eigenvalue weighted by atomic mass is 16.2. The molecule has 110 valence electrons. The number of carbonyl (C=O) groups excluding carboxylic acids is 1. The topological polar surface area (TPSA) is 58.4 Å². The molecule has 1 aromatic carbocycles. The van der Waals surface area contributed by atoms with E-state index in [0.717, 1.165) is 24.1 Å². The lowest BCUT2D eigenvalue weighted by Crippen LogP contribution is -2.49. The molecule has 0 aromatic heterocycles. The number of nitrogens with two attached hydrogens (primary N) is 1. The fourth-order valence-electron chi connectivity index (χ4n) is 2.45. The average molecular weight is 275 g/mol. The number of hydrogen-bond donors (Lipinski definition) is 2. The number of anilines is 1. The third-order valence-electron chi connectivity index (χ3n) is 3.75. The molecule has 1 fully saturated rings. The fourth-order valence-corrected chi connectivity index (χ4v) is 2.45. The van der Waals surface area contributed by atoms with Gasteiger partial charge in [-0.15, -0.1) is 0 Å². The SMILES string of the molecule is CC(C)N(c1ccc(CN)cc1)C(C)C(=O)NC1CC1. The van der Waals surface area contributed by atoms with Crippen LogP contribution in [0.25, 0.3) is 0 Å². The van der Waals surface area contributed by atoms with Crippen molar-refractivity contribution in [2.24, 2.45) is 5.73 Å². The molecule has 1 aliphatic rings. The van der Waals surface area contributed by atoms with Gasteiger partial charge in [-0.25, -0.2) is 0 Å². The van der Waals surface area contributed by atoms with Crippen LogP contribution < -0.4 is 16.0 Å². The molecule has 0 radical (unpaired) electrons. The standard InChI is InChI=1S/C16H25N3O/c1-11(2)19(12(3)16(20)18-14-6-7-14)15-8-4-13(10-17)5-9-15/h4-5,8-9,11-12,14H,6-7,10,17H2,1-3H3,(H,18,20). The molecule has 20 heavy (non-hydrogen) atoms. The van der Waals surface area contributed by atoms with E-state index < -0.39 is 0 Å². The summed E-state index contributed by atoms with van der Waals surface area (Å²) in [6.07, 6.45) is 2.23. The number of nitrogens with zero attached hydrogens (tertiary/aromatic N) is 1. The Morgan fingerprint density at radius 1 is 1.30 bits per heavy atom. The summed E-state index contributed by atoms with van der Waals surface area (Å²) in [5, 5.41) is 3.08. The molecule has 1 amide bonds. The lowest BCUT2D eigenvalue weighted by atomic mass is 10.1. The molecule has 4 heteroatoms. The van der Waals surface area contributed by atoms with Crippen molar-refractivity contribution in [3.8, 4) is 0 Å². The minimum atomic E-state index is -0.167. The molecule has 2 rings (SSSR count). The van der Waals surface area contributed by atoms with Gasteiger partial charge in [-0.1, -0.05) is 12.1 Å². The largest absolute Gasteiger partial charge is 0.357 e.